The maximum absolute atomic E-state index is 13.4. The van der Waals surface area contributed by atoms with Gasteiger partial charge in [0.15, 0.2) is 0 Å². The molecule has 28 heavy (non-hydrogen) atoms. The van der Waals surface area contributed by atoms with E-state index in [2.05, 4.69) is 4.98 Å². The normalized spacial score (nSPS) is 14.0. The zero-order valence-corrected chi connectivity index (χ0v) is 15.2. The fourth-order valence-corrected chi connectivity index (χ4v) is 4.44. The lowest BCUT2D eigenvalue weighted by molar-refractivity contribution is -0.384. The summed E-state index contributed by atoms with van der Waals surface area (Å²) in [5.41, 5.74) is 1.33. The van der Waals surface area contributed by atoms with E-state index in [0.717, 1.165) is 28.7 Å². The van der Waals surface area contributed by atoms with Crippen molar-refractivity contribution in [3.05, 3.63) is 75.0 Å². The van der Waals surface area contributed by atoms with Crippen molar-refractivity contribution in [1.29, 1.82) is 0 Å². The Labute approximate surface area is 162 Å². The molecule has 0 atom stereocenters. The van der Waals surface area contributed by atoms with Crippen LogP contribution in [0.4, 0.5) is 18.9 Å². The van der Waals surface area contributed by atoms with Crippen LogP contribution in [0.5, 0.6) is 0 Å². The van der Waals surface area contributed by atoms with Crippen molar-refractivity contribution < 1.29 is 18.1 Å². The zero-order valence-electron chi connectivity index (χ0n) is 14.4. The second-order valence-corrected chi connectivity index (χ2v) is 7.39. The Kier molecular flexibility index (Phi) is 4.58. The standard InChI is InChI=1S/C20H13F3N2O2S/c21-20(22,23)16-3-1-2-15-18(16)24-17(14-10-11-28-19(14)15)9-6-12-4-7-13(8-5-12)25(26)27/h1-9H,10-11H2/b9-6+. The van der Waals surface area contributed by atoms with Gasteiger partial charge >= 0.3 is 6.18 Å². The van der Waals surface area contributed by atoms with Gasteiger partial charge in [0.1, 0.15) is 0 Å². The Bertz CT molecular complexity index is 1110. The second-order valence-electron chi connectivity index (χ2n) is 6.28. The molecule has 1 aliphatic heterocycles. The smallest absolute Gasteiger partial charge is 0.258 e. The van der Waals surface area contributed by atoms with Crippen LogP contribution in [0, 0.1) is 10.1 Å². The van der Waals surface area contributed by atoms with Gasteiger partial charge in [-0.3, -0.25) is 10.1 Å². The Hall–Kier alpha value is -2.87. The van der Waals surface area contributed by atoms with E-state index < -0.39 is 16.7 Å². The van der Waals surface area contributed by atoms with Crippen LogP contribution in [-0.4, -0.2) is 15.7 Å². The van der Waals surface area contributed by atoms with Gasteiger partial charge in [0.05, 0.1) is 21.7 Å². The molecule has 0 bridgehead atoms. The van der Waals surface area contributed by atoms with Gasteiger partial charge < -0.3 is 0 Å². The van der Waals surface area contributed by atoms with E-state index in [9.17, 15) is 23.3 Å². The molecule has 0 radical (unpaired) electrons. The van der Waals surface area contributed by atoms with Gasteiger partial charge in [0.25, 0.3) is 5.69 Å². The highest BCUT2D eigenvalue weighted by atomic mass is 32.2. The van der Waals surface area contributed by atoms with Crippen molar-refractivity contribution in [2.24, 2.45) is 0 Å². The summed E-state index contributed by atoms with van der Waals surface area (Å²) in [6.07, 6.45) is -0.363. The molecule has 0 fully saturated rings. The van der Waals surface area contributed by atoms with Crippen LogP contribution in [0.2, 0.25) is 0 Å². The summed E-state index contributed by atoms with van der Waals surface area (Å²) in [6, 6.07) is 10.1. The number of benzene rings is 2. The molecule has 0 saturated carbocycles. The number of rotatable bonds is 3. The number of nitrogens with zero attached hydrogens (tertiary/aromatic N) is 2. The van der Waals surface area contributed by atoms with Crippen molar-refractivity contribution in [3.63, 3.8) is 0 Å². The number of hydrogen-bond acceptors (Lipinski definition) is 4. The second kappa shape index (κ2) is 6.94. The third-order valence-corrected chi connectivity index (χ3v) is 5.70. The first kappa shape index (κ1) is 18.5. The predicted octanol–water partition coefficient (Wildman–Crippen LogP) is 5.98. The van der Waals surface area contributed by atoms with E-state index in [1.54, 1.807) is 42.1 Å². The molecule has 3 aromatic rings. The van der Waals surface area contributed by atoms with Crippen LogP contribution in [-0.2, 0) is 12.6 Å². The average molecular weight is 402 g/mol. The number of halogens is 3. The molecule has 2 aromatic carbocycles. The van der Waals surface area contributed by atoms with Gasteiger partial charge in [-0.15, -0.1) is 11.8 Å². The largest absolute Gasteiger partial charge is 0.418 e. The summed E-state index contributed by atoms with van der Waals surface area (Å²) in [4.78, 5) is 15.4. The molecule has 142 valence electrons. The van der Waals surface area contributed by atoms with E-state index in [0.29, 0.717) is 16.6 Å². The molecule has 0 saturated heterocycles. The number of nitro benzene ring substituents is 1. The average Bonchev–Trinajstić information content (AvgIpc) is 3.15. The van der Waals surface area contributed by atoms with Crippen molar-refractivity contribution in [3.8, 4) is 0 Å². The number of aromatic nitrogens is 1. The van der Waals surface area contributed by atoms with E-state index >= 15 is 0 Å². The maximum atomic E-state index is 13.4. The Balaban J connectivity index is 1.82. The lowest BCUT2D eigenvalue weighted by atomic mass is 10.0. The monoisotopic (exact) mass is 402 g/mol. The number of fused-ring (bicyclic) bond motifs is 3. The highest BCUT2D eigenvalue weighted by Gasteiger charge is 2.34. The van der Waals surface area contributed by atoms with Gasteiger partial charge in [0.2, 0.25) is 0 Å². The molecule has 0 aliphatic carbocycles. The Morgan fingerprint density at radius 2 is 1.86 bits per heavy atom. The Morgan fingerprint density at radius 1 is 1.11 bits per heavy atom. The first-order valence-corrected chi connectivity index (χ1v) is 9.41. The van der Waals surface area contributed by atoms with E-state index in [1.807, 2.05) is 0 Å². The van der Waals surface area contributed by atoms with Crippen LogP contribution in [0.1, 0.15) is 22.4 Å². The van der Waals surface area contributed by atoms with E-state index in [4.69, 9.17) is 0 Å². The van der Waals surface area contributed by atoms with Crippen LogP contribution in [0.25, 0.3) is 23.1 Å². The number of nitro groups is 1. The van der Waals surface area contributed by atoms with Gasteiger partial charge in [-0.05, 0) is 41.8 Å². The summed E-state index contributed by atoms with van der Waals surface area (Å²) in [5.74, 6) is 0.796. The first-order valence-electron chi connectivity index (χ1n) is 8.43. The molecule has 8 heteroatoms. The highest BCUT2D eigenvalue weighted by Crippen LogP contribution is 2.42. The molecule has 2 heterocycles. The minimum atomic E-state index is -4.48. The molecule has 4 rings (SSSR count). The van der Waals surface area contributed by atoms with Gasteiger partial charge in [-0.1, -0.05) is 18.2 Å². The molecular weight excluding hydrogens is 389 g/mol. The summed E-state index contributed by atoms with van der Waals surface area (Å²) >= 11 is 1.54. The molecule has 0 amide bonds. The highest BCUT2D eigenvalue weighted by molar-refractivity contribution is 7.99. The number of hydrogen-bond donors (Lipinski definition) is 0. The minimum absolute atomic E-state index is 0.0203. The lowest BCUT2D eigenvalue weighted by Crippen LogP contribution is -2.07. The molecule has 0 N–H and O–H groups in total. The van der Waals surface area contributed by atoms with Gasteiger partial charge in [-0.25, -0.2) is 4.98 Å². The molecule has 1 aliphatic rings. The number of para-hydroxylation sites is 1. The summed E-state index contributed by atoms with van der Waals surface area (Å²) in [6.45, 7) is 0. The summed E-state index contributed by atoms with van der Waals surface area (Å²) < 4.78 is 40.3. The molecule has 4 nitrogen and oxygen atoms in total. The summed E-state index contributed by atoms with van der Waals surface area (Å²) in [7, 11) is 0. The fourth-order valence-electron chi connectivity index (χ4n) is 3.22. The van der Waals surface area contributed by atoms with Gasteiger partial charge in [-0.2, -0.15) is 13.2 Å². The van der Waals surface area contributed by atoms with E-state index in [-0.39, 0.29) is 11.2 Å². The maximum Gasteiger partial charge on any atom is 0.418 e. The molecule has 0 unspecified atom stereocenters. The topological polar surface area (TPSA) is 56.0 Å². The van der Waals surface area contributed by atoms with E-state index in [1.165, 1.54) is 18.2 Å². The van der Waals surface area contributed by atoms with Crippen molar-refractivity contribution in [2.45, 2.75) is 17.5 Å². The molecule has 0 spiro atoms. The lowest BCUT2D eigenvalue weighted by Gasteiger charge is -2.13. The van der Waals surface area contributed by atoms with Crippen molar-refractivity contribution in [2.75, 3.05) is 5.75 Å². The third-order valence-electron chi connectivity index (χ3n) is 4.54. The van der Waals surface area contributed by atoms with Crippen LogP contribution >= 0.6 is 11.8 Å². The van der Waals surface area contributed by atoms with Gasteiger partial charge in [0, 0.05) is 28.2 Å². The molecular formula is C20H13F3N2O2S. The Morgan fingerprint density at radius 3 is 2.54 bits per heavy atom. The SMILES string of the molecule is O=[N+]([O-])c1ccc(/C=C/c2nc3c(C(F)(F)F)cccc3c3c2CCS3)cc1. The van der Waals surface area contributed by atoms with Crippen LogP contribution in [0.15, 0.2) is 47.4 Å². The third kappa shape index (κ3) is 3.35. The molecule has 1 aromatic heterocycles. The number of alkyl halides is 3. The quantitative estimate of drug-likeness (QED) is 0.399. The summed E-state index contributed by atoms with van der Waals surface area (Å²) in [5, 5.41) is 11.3. The number of pyridine rings is 1. The predicted molar refractivity (Wildman–Crippen MR) is 103 cm³/mol. The minimum Gasteiger partial charge on any atom is -0.258 e. The first-order chi connectivity index (χ1) is 13.3. The van der Waals surface area contributed by atoms with Crippen molar-refractivity contribution >= 4 is 40.5 Å². The number of non-ortho nitro benzene ring substituents is 1. The number of thioether (sulfide) groups is 1. The fraction of sp³-hybridized carbons (Fsp3) is 0.150. The zero-order chi connectivity index (χ0) is 19.9. The van der Waals surface area contributed by atoms with Crippen LogP contribution in [0.3, 0.4) is 0 Å². The van der Waals surface area contributed by atoms with Crippen LogP contribution < -0.4 is 0 Å². The van der Waals surface area contributed by atoms with Crippen molar-refractivity contribution in [1.82, 2.24) is 4.98 Å².